The third-order valence-electron chi connectivity index (χ3n) is 8.85. The maximum absolute atomic E-state index is 11.8. The molecule has 0 bridgehead atoms. The van der Waals surface area contributed by atoms with Crippen molar-refractivity contribution in [3.8, 4) is 40.2 Å². The molecule has 9 unspecified atom stereocenters. The number of hydrogen-bond donors (Lipinski definition) is 14. The Labute approximate surface area is 357 Å². The lowest BCUT2D eigenvalue weighted by Crippen LogP contribution is -2.58. The molecule has 0 aromatic heterocycles. The molecule has 16 N–H and O–H groups in total. The van der Waals surface area contributed by atoms with Crippen LogP contribution >= 0.6 is 0 Å². The summed E-state index contributed by atoms with van der Waals surface area (Å²) in [4.78, 5) is 53.4. The highest BCUT2D eigenvalue weighted by Crippen LogP contribution is 2.48. The number of aromatic nitrogens is 1. The molecule has 1 amide bonds. The van der Waals surface area contributed by atoms with E-state index in [1.807, 2.05) is 0 Å². The van der Waals surface area contributed by atoms with E-state index in [-0.39, 0.29) is 34.1 Å². The lowest BCUT2D eigenvalue weighted by molar-refractivity contribution is -0.286. The van der Waals surface area contributed by atoms with E-state index in [4.69, 9.17) is 75.6 Å². The second-order valence-electron chi connectivity index (χ2n) is 13.1. The van der Waals surface area contributed by atoms with E-state index in [1.54, 1.807) is 30.3 Å². The SMILES string of the molecule is CC(=O)N1c2ccc(O)cc2Oc2cc(O)ccc21.O.O=C1OC(CO)C(O)C(O)C1O.O=O.O=c1ccc2nc3ccc(O)cc3oc-2c1.OCC1OC(O)C(O)C(O)C1O.OO. The van der Waals surface area contributed by atoms with Gasteiger partial charge in [0.05, 0.1) is 24.6 Å². The number of rotatable bonds is 2. The van der Waals surface area contributed by atoms with Crippen LogP contribution in [0.1, 0.15) is 6.92 Å². The first kappa shape index (κ1) is 53.6. The van der Waals surface area contributed by atoms with Crippen molar-refractivity contribution in [3.05, 3.63) is 92.9 Å². The Morgan fingerprint density at radius 1 is 0.672 bits per heavy atom. The van der Waals surface area contributed by atoms with Crippen molar-refractivity contribution in [2.24, 2.45) is 0 Å². The molecule has 2 fully saturated rings. The minimum absolute atomic E-state index is 0. The molecule has 8 rings (SSSR count). The number of ether oxygens (including phenoxy) is 3. The zero-order valence-corrected chi connectivity index (χ0v) is 32.9. The number of aromatic hydroxyl groups is 3. The number of hydrogen-bond acceptors (Lipinski definition) is 24. The molecule has 4 aliphatic heterocycles. The highest BCUT2D eigenvalue weighted by Gasteiger charge is 2.44. The molecule has 1 aliphatic carbocycles. The number of esters is 1. The van der Waals surface area contributed by atoms with Gasteiger partial charge in [-0.25, -0.2) is 9.78 Å². The lowest BCUT2D eigenvalue weighted by Gasteiger charge is -2.37. The number of nitrogens with zero attached hydrogens (tertiary/aromatic N) is 2. The molecule has 350 valence electrons. The Hall–Kier alpha value is -6.50. The molecule has 26 nitrogen and oxygen atoms in total. The van der Waals surface area contributed by atoms with Gasteiger partial charge in [-0.3, -0.25) is 25.0 Å². The van der Waals surface area contributed by atoms with Crippen molar-refractivity contribution in [1.82, 2.24) is 4.98 Å². The second kappa shape index (κ2) is 24.4. The van der Waals surface area contributed by atoms with E-state index in [2.05, 4.69) is 14.5 Å². The van der Waals surface area contributed by atoms with Crippen LogP contribution in [0.25, 0.3) is 22.6 Å². The number of cyclic esters (lactones) is 1. The normalized spacial score (nSPS) is 23.8. The number of phenolic OH excluding ortho intramolecular Hbond substituents is 3. The third kappa shape index (κ3) is 12.8. The minimum Gasteiger partial charge on any atom is -0.508 e. The molecule has 2 saturated heterocycles. The zero-order valence-electron chi connectivity index (χ0n) is 32.9. The van der Waals surface area contributed by atoms with Gasteiger partial charge in [-0.1, -0.05) is 0 Å². The summed E-state index contributed by atoms with van der Waals surface area (Å²) in [7, 11) is 0. The van der Waals surface area contributed by atoms with E-state index in [0.29, 0.717) is 45.4 Å². The third-order valence-corrected chi connectivity index (χ3v) is 8.85. The van der Waals surface area contributed by atoms with Crippen LogP contribution in [0.4, 0.5) is 11.4 Å². The average molecular weight is 913 g/mol. The van der Waals surface area contributed by atoms with Crippen molar-refractivity contribution >= 4 is 34.4 Å². The van der Waals surface area contributed by atoms with Gasteiger partial charge in [0.25, 0.3) is 0 Å². The predicted octanol–water partition coefficient (Wildman–Crippen LogP) is -2.09. The molecule has 0 spiro atoms. The van der Waals surface area contributed by atoms with Crippen LogP contribution in [0, 0.1) is 9.93 Å². The smallest absolute Gasteiger partial charge is 0.338 e. The summed E-state index contributed by atoms with van der Waals surface area (Å²) in [5.41, 5.74) is 2.71. The van der Waals surface area contributed by atoms with Gasteiger partial charge in [0.15, 0.2) is 46.8 Å². The van der Waals surface area contributed by atoms with Gasteiger partial charge in [-0.15, -0.1) is 0 Å². The van der Waals surface area contributed by atoms with E-state index >= 15 is 0 Å². The van der Waals surface area contributed by atoms with Crippen molar-refractivity contribution in [3.63, 3.8) is 0 Å². The predicted molar refractivity (Wildman–Crippen MR) is 214 cm³/mol. The fourth-order valence-electron chi connectivity index (χ4n) is 5.78. The van der Waals surface area contributed by atoms with Gasteiger partial charge in [-0.2, -0.15) is 0 Å². The molecular weight excluding hydrogens is 868 g/mol. The first-order chi connectivity index (χ1) is 29.9. The van der Waals surface area contributed by atoms with E-state index in [1.165, 1.54) is 54.3 Å². The maximum Gasteiger partial charge on any atom is 0.338 e. The summed E-state index contributed by atoms with van der Waals surface area (Å²) in [5, 5.41) is 120. The Balaban J connectivity index is 0.000000289. The van der Waals surface area contributed by atoms with Crippen LogP contribution < -0.4 is 15.1 Å². The van der Waals surface area contributed by atoms with Gasteiger partial charge in [-0.05, 0) is 48.5 Å². The summed E-state index contributed by atoms with van der Waals surface area (Å²) in [6.45, 7) is 0.331. The fraction of sp³-hybridized carbons (Fsp3) is 0.316. The number of anilines is 2. The van der Waals surface area contributed by atoms with Gasteiger partial charge >= 0.3 is 5.97 Å². The van der Waals surface area contributed by atoms with Crippen molar-refractivity contribution in [1.29, 1.82) is 0 Å². The quantitative estimate of drug-likeness (QED) is 0.0391. The molecule has 4 heterocycles. The topological polar surface area (TPSA) is 457 Å². The zero-order chi connectivity index (χ0) is 47.3. The summed E-state index contributed by atoms with van der Waals surface area (Å²) in [5.74, 6) is 0.147. The van der Waals surface area contributed by atoms with Crippen molar-refractivity contribution in [2.75, 3.05) is 18.1 Å². The van der Waals surface area contributed by atoms with Crippen LogP contribution in [-0.2, 0) is 19.1 Å². The van der Waals surface area contributed by atoms with Gasteiger partial charge in [0.1, 0.15) is 65.1 Å². The fourth-order valence-corrected chi connectivity index (χ4v) is 5.78. The van der Waals surface area contributed by atoms with Crippen LogP contribution in [0.5, 0.6) is 28.7 Å². The molecule has 3 aromatic rings. The molecule has 0 radical (unpaired) electrons. The molecule has 5 aliphatic rings. The maximum atomic E-state index is 11.8. The first-order valence-corrected chi connectivity index (χ1v) is 17.8. The van der Waals surface area contributed by atoms with Gasteiger partial charge < -0.3 is 85.4 Å². The number of aliphatic hydroxyl groups excluding tert-OH is 9. The standard InChI is InChI=1S/C14H11NO4.C12H7NO3.C6H12O6.C6H10O6.H2O2.O2.H2O/c1-8(16)15-11-4-2-9(17)6-13(11)19-14-7-10(18)3-5-12(14)15;14-7-1-3-9-11(5-7)16-12-6-8(15)2-4-10(12)13-9;2*7-1-2-3(8)4(9)5(10)6(11)12-2;2*1-2;/h2-7,17-18H,1H3;1-6,14H;2-11H,1H2;2-5,7-10H,1H2;1-2H;;1H2. The number of aliphatic hydroxyl groups is 9. The summed E-state index contributed by atoms with van der Waals surface area (Å²) in [6.07, 6.45) is -13.0. The summed E-state index contributed by atoms with van der Waals surface area (Å²) < 4.78 is 20.0. The van der Waals surface area contributed by atoms with Crippen LogP contribution in [0.3, 0.4) is 0 Å². The Morgan fingerprint density at radius 3 is 1.72 bits per heavy atom. The first-order valence-electron chi connectivity index (χ1n) is 17.8. The Kier molecular flexibility index (Phi) is 20.4. The highest BCUT2D eigenvalue weighted by atomic mass is 17.0. The Bertz CT molecular complexity index is 2250. The van der Waals surface area contributed by atoms with Crippen LogP contribution in [0.2, 0.25) is 0 Å². The second-order valence-corrected chi connectivity index (χ2v) is 13.1. The number of carbonyl (C=O) groups is 2. The van der Waals surface area contributed by atoms with Crippen LogP contribution in [-0.4, -0.2) is 162 Å². The van der Waals surface area contributed by atoms with Gasteiger partial charge in [0, 0.05) is 41.1 Å². The van der Waals surface area contributed by atoms with Gasteiger partial charge in [0.2, 0.25) is 5.91 Å². The average Bonchev–Trinajstić information content (AvgIpc) is 3.27. The number of fused-ring (bicyclic) bond motifs is 4. The van der Waals surface area contributed by atoms with Crippen molar-refractivity contribution < 1.29 is 105 Å². The van der Waals surface area contributed by atoms with Crippen LogP contribution in [0.15, 0.2) is 82.0 Å². The van der Waals surface area contributed by atoms with E-state index < -0.39 is 74.3 Å². The summed E-state index contributed by atoms with van der Waals surface area (Å²) in [6, 6.07) is 18.2. The molecule has 64 heavy (non-hydrogen) atoms. The number of benzene rings is 4. The molecule has 3 aromatic carbocycles. The number of phenols is 3. The molecule has 9 atom stereocenters. The highest BCUT2D eigenvalue weighted by molar-refractivity contribution is 6.03. The summed E-state index contributed by atoms with van der Waals surface area (Å²) >= 11 is 0. The van der Waals surface area contributed by atoms with E-state index in [9.17, 15) is 29.7 Å². The number of carbonyl (C=O) groups excluding carboxylic acids is 2. The Morgan fingerprint density at radius 2 is 1.19 bits per heavy atom. The van der Waals surface area contributed by atoms with E-state index in [0.717, 1.165) is 0 Å². The lowest BCUT2D eigenvalue weighted by atomic mass is 10.00. The molecule has 26 heteroatoms. The monoisotopic (exact) mass is 912 g/mol. The largest absolute Gasteiger partial charge is 0.508 e. The van der Waals surface area contributed by atoms with Crippen molar-refractivity contribution in [2.45, 2.75) is 62.0 Å². The number of amides is 1. The molecule has 0 saturated carbocycles. The molecular formula is C38H44N2O24. The minimum atomic E-state index is -1.73.